The third kappa shape index (κ3) is 6.48. The van der Waals surface area contributed by atoms with E-state index in [1.165, 1.54) is 35.0 Å². The molecule has 4 aromatic rings. The molecule has 4 rings (SSSR count). The lowest BCUT2D eigenvalue weighted by Gasteiger charge is -2.08. The molecule has 0 aliphatic heterocycles. The quantitative estimate of drug-likeness (QED) is 0.184. The average molecular weight is 565 g/mol. The van der Waals surface area contributed by atoms with Gasteiger partial charge in [-0.1, -0.05) is 54.2 Å². The number of fused-ring (bicyclic) bond motifs is 1. The van der Waals surface area contributed by atoms with Gasteiger partial charge in [0.1, 0.15) is 6.54 Å². The van der Waals surface area contributed by atoms with Crippen molar-refractivity contribution in [3.8, 4) is 0 Å². The molecular formula is C26H23F3INS. The van der Waals surface area contributed by atoms with E-state index >= 15 is 0 Å². The van der Waals surface area contributed by atoms with E-state index in [1.807, 2.05) is 18.2 Å². The van der Waals surface area contributed by atoms with Gasteiger partial charge in [-0.25, -0.2) is 0 Å². The van der Waals surface area contributed by atoms with Crippen LogP contribution in [0.15, 0.2) is 101 Å². The number of hydrogen-bond donors (Lipinski definition) is 0. The van der Waals surface area contributed by atoms with Gasteiger partial charge in [-0.2, -0.15) is 17.7 Å². The molecular weight excluding hydrogens is 542 g/mol. The zero-order valence-corrected chi connectivity index (χ0v) is 20.3. The van der Waals surface area contributed by atoms with E-state index in [0.717, 1.165) is 53.1 Å². The van der Waals surface area contributed by atoms with Crippen LogP contribution in [-0.4, -0.2) is 0 Å². The highest BCUT2D eigenvalue weighted by molar-refractivity contribution is 7.99. The lowest BCUT2D eigenvalue weighted by atomic mass is 10.1. The Kier molecular flexibility index (Phi) is 8.59. The molecule has 0 N–H and O–H groups in total. The van der Waals surface area contributed by atoms with Gasteiger partial charge in [0.2, 0.25) is 5.52 Å². The van der Waals surface area contributed by atoms with Crippen LogP contribution in [0, 0.1) is 0 Å². The SMILES string of the molecule is FC(F)(F)c1ccc(Sc2cc3ccccc3[n+](CCCCc3ccccc3)c2)cc1.[I-]. The highest BCUT2D eigenvalue weighted by Crippen LogP contribution is 2.33. The second-order valence-corrected chi connectivity index (χ2v) is 8.64. The molecule has 166 valence electrons. The van der Waals surface area contributed by atoms with Gasteiger partial charge in [0.05, 0.1) is 10.5 Å². The van der Waals surface area contributed by atoms with Gasteiger partial charge in [0.25, 0.3) is 0 Å². The summed E-state index contributed by atoms with van der Waals surface area (Å²) in [4.78, 5) is 1.81. The second kappa shape index (κ2) is 11.2. The van der Waals surface area contributed by atoms with Crippen molar-refractivity contribution in [3.05, 3.63) is 102 Å². The first-order valence-corrected chi connectivity index (χ1v) is 11.1. The Morgan fingerprint density at radius 2 is 1.44 bits per heavy atom. The van der Waals surface area contributed by atoms with Crippen LogP contribution in [0.1, 0.15) is 24.0 Å². The summed E-state index contributed by atoms with van der Waals surface area (Å²) in [5, 5.41) is 1.13. The molecule has 0 saturated heterocycles. The summed E-state index contributed by atoms with van der Waals surface area (Å²) in [5.41, 5.74) is 1.90. The summed E-state index contributed by atoms with van der Waals surface area (Å²) in [6, 6.07) is 26.2. The molecule has 0 radical (unpaired) electrons. The van der Waals surface area contributed by atoms with E-state index in [-0.39, 0.29) is 24.0 Å². The molecule has 0 unspecified atom stereocenters. The van der Waals surface area contributed by atoms with Crippen molar-refractivity contribution in [2.45, 2.75) is 41.8 Å². The third-order valence-electron chi connectivity index (χ3n) is 5.20. The van der Waals surface area contributed by atoms with Crippen molar-refractivity contribution in [1.29, 1.82) is 0 Å². The van der Waals surface area contributed by atoms with E-state index in [4.69, 9.17) is 0 Å². The van der Waals surface area contributed by atoms with Gasteiger partial charge in [0.15, 0.2) is 6.20 Å². The minimum atomic E-state index is -4.31. The molecule has 0 amide bonds. The summed E-state index contributed by atoms with van der Waals surface area (Å²) in [6.45, 7) is 0.898. The Morgan fingerprint density at radius 1 is 0.750 bits per heavy atom. The summed E-state index contributed by atoms with van der Waals surface area (Å²) in [7, 11) is 0. The number of para-hydroxylation sites is 1. The molecule has 32 heavy (non-hydrogen) atoms. The monoisotopic (exact) mass is 565 g/mol. The van der Waals surface area contributed by atoms with Crippen LogP contribution in [-0.2, 0) is 19.1 Å². The standard InChI is InChI=1S/C26H23F3NS.HI/c27-26(28,29)22-13-15-23(16-14-22)31-24-18-21-11-4-5-12-25(21)30(19-24)17-7-6-10-20-8-2-1-3-9-20;/h1-5,8-9,11-16,18-19H,6-7,10,17H2;1H/q+1;/p-1. The number of benzene rings is 3. The molecule has 1 nitrogen and oxygen atoms in total. The second-order valence-electron chi connectivity index (χ2n) is 7.49. The van der Waals surface area contributed by atoms with Crippen molar-refractivity contribution in [2.24, 2.45) is 0 Å². The van der Waals surface area contributed by atoms with Crippen molar-refractivity contribution in [1.82, 2.24) is 0 Å². The molecule has 0 aliphatic rings. The van der Waals surface area contributed by atoms with Gasteiger partial charge in [-0.3, -0.25) is 0 Å². The Hall–Kier alpha value is -2.06. The maximum Gasteiger partial charge on any atom is 0.416 e. The zero-order chi connectivity index (χ0) is 21.7. The number of alkyl halides is 3. The van der Waals surface area contributed by atoms with Gasteiger partial charge in [-0.05, 0) is 54.8 Å². The van der Waals surface area contributed by atoms with Gasteiger partial charge < -0.3 is 24.0 Å². The molecule has 6 heteroatoms. The van der Waals surface area contributed by atoms with Crippen LogP contribution >= 0.6 is 11.8 Å². The minimum Gasteiger partial charge on any atom is -1.00 e. The van der Waals surface area contributed by atoms with Crippen molar-refractivity contribution >= 4 is 22.7 Å². The Balaban J connectivity index is 0.00000289. The number of aromatic nitrogens is 1. The average Bonchev–Trinajstić information content (AvgIpc) is 2.77. The maximum absolute atomic E-state index is 12.8. The van der Waals surface area contributed by atoms with E-state index < -0.39 is 11.7 Å². The normalized spacial score (nSPS) is 11.3. The van der Waals surface area contributed by atoms with Crippen LogP contribution in [0.3, 0.4) is 0 Å². The van der Waals surface area contributed by atoms with Gasteiger partial charge in [-0.15, -0.1) is 0 Å². The summed E-state index contributed by atoms with van der Waals surface area (Å²) in [5.74, 6) is 0. The van der Waals surface area contributed by atoms with E-state index in [1.54, 1.807) is 0 Å². The molecule has 0 spiro atoms. The van der Waals surface area contributed by atoms with Crippen molar-refractivity contribution < 1.29 is 41.7 Å². The first-order valence-electron chi connectivity index (χ1n) is 10.3. The Bertz CT molecular complexity index is 1150. The largest absolute Gasteiger partial charge is 1.00 e. The number of rotatable bonds is 7. The lowest BCUT2D eigenvalue weighted by molar-refractivity contribution is -0.673. The topological polar surface area (TPSA) is 3.88 Å². The number of halogens is 4. The van der Waals surface area contributed by atoms with Gasteiger partial charge in [0, 0.05) is 22.8 Å². The molecule has 0 bridgehead atoms. The molecule has 3 aromatic carbocycles. The van der Waals surface area contributed by atoms with Crippen molar-refractivity contribution in [2.75, 3.05) is 0 Å². The fourth-order valence-electron chi connectivity index (χ4n) is 3.63. The van der Waals surface area contributed by atoms with Crippen LogP contribution in [0.5, 0.6) is 0 Å². The predicted molar refractivity (Wildman–Crippen MR) is 119 cm³/mol. The zero-order valence-electron chi connectivity index (χ0n) is 17.4. The first kappa shape index (κ1) is 24.6. The van der Waals surface area contributed by atoms with Crippen LogP contribution < -0.4 is 28.5 Å². The van der Waals surface area contributed by atoms with Crippen LogP contribution in [0.2, 0.25) is 0 Å². The Labute approximate surface area is 207 Å². The first-order chi connectivity index (χ1) is 15.0. The molecule has 0 atom stereocenters. The fourth-order valence-corrected chi connectivity index (χ4v) is 4.54. The van der Waals surface area contributed by atoms with E-state index in [2.05, 4.69) is 53.2 Å². The molecule has 1 heterocycles. The highest BCUT2D eigenvalue weighted by Gasteiger charge is 2.30. The smallest absolute Gasteiger partial charge is 0.416 e. The summed E-state index contributed by atoms with van der Waals surface area (Å²) >= 11 is 1.48. The van der Waals surface area contributed by atoms with E-state index in [0.29, 0.717) is 0 Å². The Morgan fingerprint density at radius 3 is 2.16 bits per heavy atom. The van der Waals surface area contributed by atoms with E-state index in [9.17, 15) is 13.2 Å². The molecule has 0 saturated carbocycles. The minimum absolute atomic E-state index is 0. The summed E-state index contributed by atoms with van der Waals surface area (Å²) in [6.07, 6.45) is 1.00. The summed E-state index contributed by atoms with van der Waals surface area (Å²) < 4.78 is 40.7. The fraction of sp³-hybridized carbons (Fsp3) is 0.192. The molecule has 1 aromatic heterocycles. The molecule has 0 aliphatic carbocycles. The van der Waals surface area contributed by atoms with Crippen LogP contribution in [0.25, 0.3) is 10.9 Å². The number of unbranched alkanes of at least 4 members (excludes halogenated alkanes) is 1. The maximum atomic E-state index is 12.8. The number of pyridine rings is 1. The van der Waals surface area contributed by atoms with Crippen LogP contribution in [0.4, 0.5) is 13.2 Å². The number of aryl methyl sites for hydroxylation is 2. The molecule has 0 fully saturated rings. The predicted octanol–water partition coefficient (Wildman–Crippen LogP) is 4.32. The number of hydrogen-bond acceptors (Lipinski definition) is 1. The van der Waals surface area contributed by atoms with Gasteiger partial charge >= 0.3 is 6.18 Å². The van der Waals surface area contributed by atoms with Crippen molar-refractivity contribution in [3.63, 3.8) is 0 Å². The lowest BCUT2D eigenvalue weighted by Crippen LogP contribution is -3.00. The highest BCUT2D eigenvalue weighted by atomic mass is 127. The third-order valence-corrected chi connectivity index (χ3v) is 6.17. The number of nitrogens with zero attached hydrogens (tertiary/aromatic N) is 1.